The van der Waals surface area contributed by atoms with Crippen molar-refractivity contribution in [3.63, 3.8) is 0 Å². The number of pyridine rings is 1. The molecule has 0 saturated carbocycles. The molecular formula is C8H12Cl2N2. The third kappa shape index (κ3) is 1.89. The van der Waals surface area contributed by atoms with Gasteiger partial charge in [0.15, 0.2) is 0 Å². The Morgan fingerprint density at radius 2 is 2.08 bits per heavy atom. The fourth-order valence-corrected chi connectivity index (χ4v) is 1.34. The molecule has 0 radical (unpaired) electrons. The molecule has 4 heteroatoms. The van der Waals surface area contributed by atoms with E-state index in [1.165, 1.54) is 16.8 Å². The molecule has 1 aliphatic heterocycles. The lowest BCUT2D eigenvalue weighted by Gasteiger charge is -1.98. The molecule has 12 heavy (non-hydrogen) atoms. The van der Waals surface area contributed by atoms with Crippen LogP contribution in [0.4, 0.5) is 0 Å². The van der Waals surface area contributed by atoms with Gasteiger partial charge in [0.1, 0.15) is 0 Å². The maximum atomic E-state index is 4.26. The Morgan fingerprint density at radius 3 is 2.75 bits per heavy atom. The lowest BCUT2D eigenvalue weighted by molar-refractivity contribution is 0.757. The molecule has 0 aliphatic carbocycles. The zero-order valence-electron chi connectivity index (χ0n) is 6.83. The molecule has 0 fully saturated rings. The van der Waals surface area contributed by atoms with Gasteiger partial charge in [-0.25, -0.2) is 0 Å². The van der Waals surface area contributed by atoms with Crippen LogP contribution >= 0.6 is 24.8 Å². The smallest absolute Gasteiger partial charge is 0.0589 e. The zero-order chi connectivity index (χ0) is 6.97. The van der Waals surface area contributed by atoms with Crippen LogP contribution in [-0.4, -0.2) is 4.98 Å². The molecule has 1 aliphatic rings. The minimum absolute atomic E-state index is 0. The summed E-state index contributed by atoms with van der Waals surface area (Å²) in [6.07, 6.45) is 1.88. The van der Waals surface area contributed by atoms with Crippen molar-refractivity contribution in [3.05, 3.63) is 29.1 Å². The third-order valence-electron chi connectivity index (χ3n) is 1.97. The largest absolute Gasteiger partial charge is 0.307 e. The Labute approximate surface area is 84.6 Å². The summed E-state index contributed by atoms with van der Waals surface area (Å²) in [5.74, 6) is 0. The van der Waals surface area contributed by atoms with Gasteiger partial charge in [-0.15, -0.1) is 24.8 Å². The number of nitrogens with zero attached hydrogens (tertiary/aromatic N) is 1. The van der Waals surface area contributed by atoms with Crippen LogP contribution in [0, 0.1) is 6.92 Å². The number of fused-ring (bicyclic) bond motifs is 1. The molecular weight excluding hydrogens is 195 g/mol. The van der Waals surface area contributed by atoms with Gasteiger partial charge in [-0.2, -0.15) is 0 Å². The second-order valence-corrected chi connectivity index (χ2v) is 2.66. The second-order valence-electron chi connectivity index (χ2n) is 2.66. The van der Waals surface area contributed by atoms with Crippen molar-refractivity contribution < 1.29 is 0 Å². The van der Waals surface area contributed by atoms with Crippen LogP contribution in [0.3, 0.4) is 0 Å². The molecule has 0 bridgehead atoms. The van der Waals surface area contributed by atoms with E-state index < -0.39 is 0 Å². The van der Waals surface area contributed by atoms with E-state index >= 15 is 0 Å². The number of hydrogen-bond acceptors (Lipinski definition) is 2. The standard InChI is InChI=1S/C8H10N2.2ClH/c1-6-2-3-10-8-5-9-4-7(6)8;;/h2-3,9H,4-5H2,1H3;2*1H. The van der Waals surface area contributed by atoms with Gasteiger partial charge in [0.05, 0.1) is 5.69 Å². The van der Waals surface area contributed by atoms with E-state index in [0.717, 1.165) is 13.1 Å². The van der Waals surface area contributed by atoms with Crippen LogP contribution in [-0.2, 0) is 13.1 Å². The minimum atomic E-state index is 0. The highest BCUT2D eigenvalue weighted by molar-refractivity contribution is 5.85. The van der Waals surface area contributed by atoms with Gasteiger partial charge in [0.25, 0.3) is 0 Å². The first-order valence-electron chi connectivity index (χ1n) is 3.52. The van der Waals surface area contributed by atoms with Gasteiger partial charge in [-0.1, -0.05) is 0 Å². The van der Waals surface area contributed by atoms with Crippen LogP contribution < -0.4 is 5.32 Å². The predicted molar refractivity (Wildman–Crippen MR) is 54.0 cm³/mol. The summed E-state index contributed by atoms with van der Waals surface area (Å²) in [7, 11) is 0. The third-order valence-corrected chi connectivity index (χ3v) is 1.97. The normalized spacial score (nSPS) is 12.8. The van der Waals surface area contributed by atoms with Crippen molar-refractivity contribution >= 4 is 24.8 Å². The van der Waals surface area contributed by atoms with Crippen molar-refractivity contribution in [1.29, 1.82) is 0 Å². The van der Waals surface area contributed by atoms with Gasteiger partial charge in [-0.3, -0.25) is 4.98 Å². The molecule has 2 rings (SSSR count). The first-order chi connectivity index (χ1) is 4.88. The van der Waals surface area contributed by atoms with Crippen molar-refractivity contribution in [2.24, 2.45) is 0 Å². The number of aromatic nitrogens is 1. The van der Waals surface area contributed by atoms with Crippen LogP contribution in [0.15, 0.2) is 12.3 Å². The number of hydrogen-bond donors (Lipinski definition) is 1. The fourth-order valence-electron chi connectivity index (χ4n) is 1.34. The van der Waals surface area contributed by atoms with Gasteiger partial charge >= 0.3 is 0 Å². The second kappa shape index (κ2) is 4.65. The molecule has 1 aromatic rings. The Kier molecular flexibility index (Phi) is 4.53. The molecule has 0 aromatic carbocycles. The summed E-state index contributed by atoms with van der Waals surface area (Å²) < 4.78 is 0. The van der Waals surface area contributed by atoms with E-state index in [1.54, 1.807) is 0 Å². The Morgan fingerprint density at radius 1 is 1.33 bits per heavy atom. The number of halogens is 2. The summed E-state index contributed by atoms with van der Waals surface area (Å²) in [5, 5.41) is 3.27. The summed E-state index contributed by atoms with van der Waals surface area (Å²) >= 11 is 0. The highest BCUT2D eigenvalue weighted by Crippen LogP contribution is 2.15. The van der Waals surface area contributed by atoms with E-state index in [2.05, 4.69) is 23.3 Å². The molecule has 68 valence electrons. The highest BCUT2D eigenvalue weighted by Gasteiger charge is 2.11. The van der Waals surface area contributed by atoms with Crippen LogP contribution in [0.5, 0.6) is 0 Å². The maximum absolute atomic E-state index is 4.26. The maximum Gasteiger partial charge on any atom is 0.0589 e. The average molecular weight is 207 g/mol. The minimum Gasteiger partial charge on any atom is -0.307 e. The summed E-state index contributed by atoms with van der Waals surface area (Å²) in [6, 6.07) is 2.06. The quantitative estimate of drug-likeness (QED) is 0.702. The zero-order valence-corrected chi connectivity index (χ0v) is 8.47. The molecule has 0 unspecified atom stereocenters. The van der Waals surface area contributed by atoms with E-state index in [9.17, 15) is 0 Å². The summed E-state index contributed by atoms with van der Waals surface area (Å²) in [6.45, 7) is 4.07. The predicted octanol–water partition coefficient (Wildman–Crippen LogP) is 1.84. The van der Waals surface area contributed by atoms with E-state index in [-0.39, 0.29) is 24.8 Å². The van der Waals surface area contributed by atoms with Crippen molar-refractivity contribution in [2.75, 3.05) is 0 Å². The van der Waals surface area contributed by atoms with Crippen molar-refractivity contribution in [1.82, 2.24) is 10.3 Å². The Hall–Kier alpha value is -0.310. The number of nitrogens with one attached hydrogen (secondary N) is 1. The van der Waals surface area contributed by atoms with Gasteiger partial charge in [0.2, 0.25) is 0 Å². The molecule has 1 aromatic heterocycles. The van der Waals surface area contributed by atoms with Gasteiger partial charge in [-0.05, 0) is 24.1 Å². The molecule has 1 N–H and O–H groups in total. The lowest BCUT2D eigenvalue weighted by atomic mass is 10.1. The molecule has 2 heterocycles. The fraction of sp³-hybridized carbons (Fsp3) is 0.375. The van der Waals surface area contributed by atoms with Gasteiger partial charge < -0.3 is 5.32 Å². The van der Waals surface area contributed by atoms with E-state index in [0.29, 0.717) is 0 Å². The first kappa shape index (κ1) is 11.7. The molecule has 2 nitrogen and oxygen atoms in total. The number of rotatable bonds is 0. The van der Waals surface area contributed by atoms with Crippen molar-refractivity contribution in [3.8, 4) is 0 Å². The molecule has 0 amide bonds. The highest BCUT2D eigenvalue weighted by atomic mass is 35.5. The van der Waals surface area contributed by atoms with Crippen molar-refractivity contribution in [2.45, 2.75) is 20.0 Å². The Balaban J connectivity index is 0.000000605. The molecule has 0 spiro atoms. The number of aryl methyl sites for hydroxylation is 1. The Bertz CT molecular complexity index is 263. The summed E-state index contributed by atoms with van der Waals surface area (Å²) in [4.78, 5) is 4.26. The lowest BCUT2D eigenvalue weighted by Crippen LogP contribution is -2.00. The topological polar surface area (TPSA) is 24.9 Å². The van der Waals surface area contributed by atoms with Gasteiger partial charge in [0, 0.05) is 19.3 Å². The molecule has 0 saturated heterocycles. The SMILES string of the molecule is Cc1ccnc2c1CNC2.Cl.Cl. The van der Waals surface area contributed by atoms with Crippen LogP contribution in [0.2, 0.25) is 0 Å². The average Bonchev–Trinajstić information content (AvgIpc) is 2.36. The van der Waals surface area contributed by atoms with Crippen LogP contribution in [0.1, 0.15) is 16.8 Å². The van der Waals surface area contributed by atoms with E-state index in [4.69, 9.17) is 0 Å². The van der Waals surface area contributed by atoms with Crippen LogP contribution in [0.25, 0.3) is 0 Å². The molecule has 0 atom stereocenters. The monoisotopic (exact) mass is 206 g/mol. The van der Waals surface area contributed by atoms with E-state index in [1.807, 2.05) is 6.20 Å². The first-order valence-corrected chi connectivity index (χ1v) is 3.52. The summed E-state index contributed by atoms with van der Waals surface area (Å²) in [5.41, 5.74) is 3.97.